The number of ether oxygens (including phenoxy) is 1. The van der Waals surface area contributed by atoms with E-state index >= 15 is 0 Å². The molecule has 1 aromatic heterocycles. The molecule has 0 atom stereocenters. The van der Waals surface area contributed by atoms with Gasteiger partial charge in [-0.05, 0) is 31.7 Å². The highest BCUT2D eigenvalue weighted by molar-refractivity contribution is 5.00. The Morgan fingerprint density at radius 1 is 1.22 bits per heavy atom. The van der Waals surface area contributed by atoms with E-state index in [1.807, 2.05) is 0 Å². The summed E-state index contributed by atoms with van der Waals surface area (Å²) in [6.45, 7) is 2.69. The predicted molar refractivity (Wildman–Crippen MR) is 70.4 cm³/mol. The molecule has 0 unspecified atom stereocenters. The zero-order valence-corrected chi connectivity index (χ0v) is 11.0. The summed E-state index contributed by atoms with van der Waals surface area (Å²) < 4.78 is 7.54. The zero-order chi connectivity index (χ0) is 12.2. The van der Waals surface area contributed by atoms with Gasteiger partial charge in [0, 0.05) is 32.0 Å². The van der Waals surface area contributed by atoms with Crippen LogP contribution in [0.2, 0.25) is 0 Å². The van der Waals surface area contributed by atoms with Crippen LogP contribution in [0.5, 0.6) is 0 Å². The van der Waals surface area contributed by atoms with Crippen molar-refractivity contribution < 1.29 is 4.74 Å². The van der Waals surface area contributed by atoms with Crippen molar-refractivity contribution in [3.63, 3.8) is 0 Å². The molecule has 0 bridgehead atoms. The van der Waals surface area contributed by atoms with Crippen molar-refractivity contribution in [1.82, 2.24) is 15.1 Å². The van der Waals surface area contributed by atoms with Crippen LogP contribution in [0.15, 0.2) is 12.3 Å². The molecule has 1 saturated carbocycles. The highest BCUT2D eigenvalue weighted by Gasteiger charge is 2.18. The van der Waals surface area contributed by atoms with Gasteiger partial charge in [-0.1, -0.05) is 12.8 Å². The fourth-order valence-corrected chi connectivity index (χ4v) is 2.99. The minimum Gasteiger partial charge on any atom is -0.381 e. The summed E-state index contributed by atoms with van der Waals surface area (Å²) in [5.74, 6) is 0. The van der Waals surface area contributed by atoms with Crippen LogP contribution < -0.4 is 5.32 Å². The van der Waals surface area contributed by atoms with Gasteiger partial charge in [0.05, 0.1) is 11.7 Å². The number of nitrogens with zero attached hydrogens (tertiary/aromatic N) is 2. The fraction of sp³-hybridized carbons (Fsp3) is 0.786. The van der Waals surface area contributed by atoms with Crippen molar-refractivity contribution in [1.29, 1.82) is 0 Å². The maximum Gasteiger partial charge on any atom is 0.0762 e. The highest BCUT2D eigenvalue weighted by Crippen LogP contribution is 2.28. The molecule has 1 aliphatic heterocycles. The topological polar surface area (TPSA) is 39.1 Å². The Labute approximate surface area is 109 Å². The lowest BCUT2D eigenvalue weighted by Gasteiger charge is -2.22. The minimum absolute atomic E-state index is 0.607. The summed E-state index contributed by atoms with van der Waals surface area (Å²) in [4.78, 5) is 0. The average Bonchev–Trinajstić information content (AvgIpc) is 3.08. The molecule has 1 aromatic rings. The van der Waals surface area contributed by atoms with Gasteiger partial charge in [-0.15, -0.1) is 0 Å². The first kappa shape index (κ1) is 12.2. The van der Waals surface area contributed by atoms with E-state index in [1.54, 1.807) is 0 Å². The first-order valence-corrected chi connectivity index (χ1v) is 7.27. The minimum atomic E-state index is 0.607. The van der Waals surface area contributed by atoms with Gasteiger partial charge < -0.3 is 10.1 Å². The zero-order valence-electron chi connectivity index (χ0n) is 11.0. The van der Waals surface area contributed by atoms with E-state index in [9.17, 15) is 0 Å². The number of hydrogen-bond donors (Lipinski definition) is 1. The highest BCUT2D eigenvalue weighted by atomic mass is 16.5. The first-order chi connectivity index (χ1) is 8.92. The maximum absolute atomic E-state index is 5.36. The quantitative estimate of drug-likeness (QED) is 0.889. The van der Waals surface area contributed by atoms with Crippen LogP contribution in [0.1, 0.15) is 50.3 Å². The van der Waals surface area contributed by atoms with Crippen LogP contribution in [0.3, 0.4) is 0 Å². The molecule has 3 rings (SSSR count). The van der Waals surface area contributed by atoms with E-state index in [0.717, 1.165) is 32.6 Å². The molecule has 4 heteroatoms. The van der Waals surface area contributed by atoms with Gasteiger partial charge in [0.15, 0.2) is 0 Å². The Balaban J connectivity index is 1.50. The van der Waals surface area contributed by atoms with Crippen molar-refractivity contribution in [3.05, 3.63) is 18.0 Å². The summed E-state index contributed by atoms with van der Waals surface area (Å²) in [7, 11) is 0. The van der Waals surface area contributed by atoms with Crippen molar-refractivity contribution in [2.45, 2.75) is 57.2 Å². The second-order valence-electron chi connectivity index (χ2n) is 5.49. The number of hydrogen-bond acceptors (Lipinski definition) is 3. The van der Waals surface area contributed by atoms with Crippen LogP contribution in [0.4, 0.5) is 0 Å². The van der Waals surface area contributed by atoms with Crippen LogP contribution in [-0.4, -0.2) is 29.0 Å². The molecule has 4 nitrogen and oxygen atoms in total. The molecule has 100 valence electrons. The molecule has 2 fully saturated rings. The lowest BCUT2D eigenvalue weighted by atomic mass is 10.1. The lowest BCUT2D eigenvalue weighted by molar-refractivity contribution is 0.0775. The summed E-state index contributed by atoms with van der Waals surface area (Å²) in [6, 6.07) is 3.42. The Bertz CT molecular complexity index is 365. The summed E-state index contributed by atoms with van der Waals surface area (Å²) >= 11 is 0. The Kier molecular flexibility index (Phi) is 3.96. The van der Waals surface area contributed by atoms with Gasteiger partial charge in [0.2, 0.25) is 0 Å². The third kappa shape index (κ3) is 2.93. The molecular weight excluding hydrogens is 226 g/mol. The van der Waals surface area contributed by atoms with Crippen LogP contribution >= 0.6 is 0 Å². The van der Waals surface area contributed by atoms with Gasteiger partial charge in [-0.25, -0.2) is 0 Å². The molecule has 2 aliphatic rings. The first-order valence-electron chi connectivity index (χ1n) is 7.27. The lowest BCUT2D eigenvalue weighted by Crippen LogP contribution is -2.34. The molecule has 1 aliphatic carbocycles. The van der Waals surface area contributed by atoms with E-state index in [1.165, 1.54) is 31.4 Å². The summed E-state index contributed by atoms with van der Waals surface area (Å²) in [6.07, 6.45) is 9.73. The standard InChI is InChI=1S/C14H23N3O/c1-2-4-14(3-1)17-8-5-13(16-17)11-15-12-6-9-18-10-7-12/h5,8,12,14-15H,1-4,6-7,9-11H2. The van der Waals surface area contributed by atoms with E-state index in [4.69, 9.17) is 9.84 Å². The van der Waals surface area contributed by atoms with Gasteiger partial charge >= 0.3 is 0 Å². The van der Waals surface area contributed by atoms with E-state index in [2.05, 4.69) is 22.3 Å². The van der Waals surface area contributed by atoms with Crippen molar-refractivity contribution in [2.75, 3.05) is 13.2 Å². The third-order valence-electron chi connectivity index (χ3n) is 4.16. The summed E-state index contributed by atoms with van der Waals surface area (Å²) in [5.41, 5.74) is 1.17. The van der Waals surface area contributed by atoms with E-state index < -0.39 is 0 Å². The third-order valence-corrected chi connectivity index (χ3v) is 4.16. The van der Waals surface area contributed by atoms with Crippen LogP contribution in [0, 0.1) is 0 Å². The van der Waals surface area contributed by atoms with Crippen molar-refractivity contribution >= 4 is 0 Å². The molecule has 0 amide bonds. The van der Waals surface area contributed by atoms with E-state index in [0.29, 0.717) is 12.1 Å². The Morgan fingerprint density at radius 2 is 2.00 bits per heavy atom. The monoisotopic (exact) mass is 249 g/mol. The normalized spacial score (nSPS) is 22.7. The number of aromatic nitrogens is 2. The molecular formula is C14H23N3O. The molecule has 18 heavy (non-hydrogen) atoms. The Morgan fingerprint density at radius 3 is 2.78 bits per heavy atom. The molecule has 0 spiro atoms. The predicted octanol–water partition coefficient (Wildman–Crippen LogP) is 2.27. The van der Waals surface area contributed by atoms with Crippen LogP contribution in [-0.2, 0) is 11.3 Å². The van der Waals surface area contributed by atoms with Gasteiger partial charge in [0.1, 0.15) is 0 Å². The average molecular weight is 249 g/mol. The van der Waals surface area contributed by atoms with Gasteiger partial charge in [-0.3, -0.25) is 4.68 Å². The molecule has 2 heterocycles. The molecule has 1 saturated heterocycles. The molecule has 1 N–H and O–H groups in total. The number of rotatable bonds is 4. The SMILES string of the molecule is c1cn(C2CCCC2)nc1CNC1CCOCC1. The van der Waals surface area contributed by atoms with Crippen molar-refractivity contribution in [3.8, 4) is 0 Å². The Hall–Kier alpha value is -0.870. The largest absolute Gasteiger partial charge is 0.381 e. The molecule has 0 radical (unpaired) electrons. The van der Waals surface area contributed by atoms with Gasteiger partial charge in [-0.2, -0.15) is 5.10 Å². The van der Waals surface area contributed by atoms with Crippen LogP contribution in [0.25, 0.3) is 0 Å². The van der Waals surface area contributed by atoms with Crippen molar-refractivity contribution in [2.24, 2.45) is 0 Å². The second-order valence-corrected chi connectivity index (χ2v) is 5.49. The maximum atomic E-state index is 5.36. The van der Waals surface area contributed by atoms with Gasteiger partial charge in [0.25, 0.3) is 0 Å². The number of nitrogens with one attached hydrogen (secondary N) is 1. The smallest absolute Gasteiger partial charge is 0.0762 e. The fourth-order valence-electron chi connectivity index (χ4n) is 2.99. The van der Waals surface area contributed by atoms with E-state index in [-0.39, 0.29) is 0 Å². The second kappa shape index (κ2) is 5.85. The molecule has 0 aromatic carbocycles. The summed E-state index contributed by atoms with van der Waals surface area (Å²) in [5, 5.41) is 8.29.